The highest BCUT2D eigenvalue weighted by atomic mass is 16.7. The van der Waals surface area contributed by atoms with Gasteiger partial charge in [-0.05, 0) is 301 Å². The molecule has 2 saturated carbocycles. The van der Waals surface area contributed by atoms with Gasteiger partial charge in [-0.15, -0.1) is 0 Å². The summed E-state index contributed by atoms with van der Waals surface area (Å²) in [4.78, 5) is 38.1. The van der Waals surface area contributed by atoms with Crippen molar-refractivity contribution < 1.29 is 34.1 Å². The van der Waals surface area contributed by atoms with Crippen LogP contribution in [0, 0.1) is 5.41 Å². The zero-order chi connectivity index (χ0) is 75.4. The summed E-state index contributed by atoms with van der Waals surface area (Å²) in [5.41, 5.74) is -1.87. The number of azo groups is 3. The minimum atomic E-state index is -0.867. The van der Waals surface area contributed by atoms with Crippen molar-refractivity contribution in [2.45, 2.75) is 504 Å². The van der Waals surface area contributed by atoms with Crippen LogP contribution in [0.2, 0.25) is 0 Å². The van der Waals surface area contributed by atoms with Gasteiger partial charge in [0.05, 0.1) is 80.5 Å². The molecule has 1 N–H and O–H groups in total. The van der Waals surface area contributed by atoms with Gasteiger partial charge >= 0.3 is 0 Å². The summed E-state index contributed by atoms with van der Waals surface area (Å²) in [6.45, 7) is 71.5. The molecular formula is C83H166N12O7. The van der Waals surface area contributed by atoms with Crippen LogP contribution in [0.15, 0.2) is 30.7 Å². The molecule has 8 fully saturated rings. The molecular weight excluding hydrogens is 1280 g/mol. The lowest BCUT2D eigenvalue weighted by Crippen LogP contribution is -2.62. The molecule has 0 atom stereocenters. The van der Waals surface area contributed by atoms with Crippen molar-refractivity contribution in [2.24, 2.45) is 36.1 Å². The number of hydrogen-bond acceptors (Lipinski definition) is 19. The van der Waals surface area contributed by atoms with Crippen LogP contribution in [0.3, 0.4) is 0 Å². The first-order valence-corrected chi connectivity index (χ1v) is 40.2. The molecule has 600 valence electrons. The van der Waals surface area contributed by atoms with Gasteiger partial charge in [-0.25, -0.2) is 0 Å². The summed E-state index contributed by atoms with van der Waals surface area (Å²) in [6, 6.07) is 1.27. The molecule has 102 heavy (non-hydrogen) atoms. The minimum Gasteiger partial charge on any atom is -0.388 e. The van der Waals surface area contributed by atoms with Crippen LogP contribution in [0.5, 0.6) is 0 Å². The van der Waals surface area contributed by atoms with Gasteiger partial charge in [-0.3, -0.25) is 29.0 Å². The third-order valence-electron chi connectivity index (χ3n) is 22.2. The van der Waals surface area contributed by atoms with Crippen LogP contribution in [0.25, 0.3) is 0 Å². The van der Waals surface area contributed by atoms with E-state index in [0.717, 1.165) is 103 Å². The molecule has 2 aliphatic carbocycles. The summed E-state index contributed by atoms with van der Waals surface area (Å²) in [5, 5.41) is 53.3. The van der Waals surface area contributed by atoms with Gasteiger partial charge in [0.2, 0.25) is 0 Å². The lowest BCUT2D eigenvalue weighted by Gasteiger charge is -2.54. The van der Waals surface area contributed by atoms with Gasteiger partial charge in [-0.2, -0.15) is 61.1 Å². The molecule has 0 unspecified atom stereocenters. The van der Waals surface area contributed by atoms with E-state index >= 15 is 0 Å². The average Bonchev–Trinajstić information content (AvgIpc) is 0.794. The number of rotatable bonds is 21. The van der Waals surface area contributed by atoms with Crippen LogP contribution in [0.1, 0.15) is 384 Å². The van der Waals surface area contributed by atoms with Gasteiger partial charge in [0.15, 0.2) is 0 Å². The summed E-state index contributed by atoms with van der Waals surface area (Å²) >= 11 is 0. The highest BCUT2D eigenvalue weighted by molar-refractivity contribution is 5.06. The Hall–Kier alpha value is -1.72. The van der Waals surface area contributed by atoms with Crippen molar-refractivity contribution in [1.29, 1.82) is 0 Å². The van der Waals surface area contributed by atoms with Crippen molar-refractivity contribution in [1.82, 2.24) is 30.4 Å². The van der Waals surface area contributed by atoms with E-state index < -0.39 is 5.60 Å². The van der Waals surface area contributed by atoms with Gasteiger partial charge in [0.1, 0.15) is 0 Å². The topological polar surface area (TPSA) is 169 Å². The van der Waals surface area contributed by atoms with Crippen LogP contribution in [-0.4, -0.2) is 182 Å². The number of piperidine rings is 6. The maximum absolute atomic E-state index is 10.1. The van der Waals surface area contributed by atoms with Crippen molar-refractivity contribution in [2.75, 3.05) is 26.4 Å². The molecule has 8 rings (SSSR count). The number of hydroxylamine groups is 12. The van der Waals surface area contributed by atoms with E-state index in [4.69, 9.17) is 59.7 Å². The number of aliphatic hydroxyl groups is 1. The fourth-order valence-corrected chi connectivity index (χ4v) is 19.8. The largest absolute Gasteiger partial charge is 0.388 e. The van der Waals surface area contributed by atoms with E-state index in [2.05, 4.69) is 231 Å². The predicted molar refractivity (Wildman–Crippen MR) is 422 cm³/mol. The molecule has 0 radical (unpaired) electrons. The maximum Gasteiger partial charge on any atom is 0.0967 e. The molecule has 8 aliphatic rings. The number of hydrogen-bond donors (Lipinski definition) is 1. The Balaban J connectivity index is 0.000000323. The zero-order valence-electron chi connectivity index (χ0n) is 70.7. The van der Waals surface area contributed by atoms with Crippen molar-refractivity contribution in [3.63, 3.8) is 0 Å². The van der Waals surface area contributed by atoms with Gasteiger partial charge in [0, 0.05) is 66.5 Å². The highest BCUT2D eigenvalue weighted by Gasteiger charge is 2.54. The smallest absolute Gasteiger partial charge is 0.0967 e. The normalized spacial score (nSPS) is 28.1. The molecule has 6 saturated heterocycles. The quantitative estimate of drug-likeness (QED) is 0.108. The molecule has 0 aromatic heterocycles. The second-order valence-corrected chi connectivity index (χ2v) is 41.9. The molecule has 0 spiro atoms. The fraction of sp³-hybridized carbons (Fsp3) is 1.00. The summed E-state index contributed by atoms with van der Waals surface area (Å²) in [7, 11) is 0. The fourth-order valence-electron chi connectivity index (χ4n) is 19.8. The maximum atomic E-state index is 10.1. The van der Waals surface area contributed by atoms with E-state index in [-0.39, 0.29) is 130 Å². The molecule has 0 bridgehead atoms. The lowest BCUT2D eigenvalue weighted by atomic mass is 9.78. The van der Waals surface area contributed by atoms with Crippen LogP contribution in [0.4, 0.5) is 0 Å². The predicted octanol–water partition coefficient (Wildman–Crippen LogP) is 21.6. The first-order chi connectivity index (χ1) is 45.6. The zero-order valence-corrected chi connectivity index (χ0v) is 70.7. The Morgan fingerprint density at radius 1 is 0.294 bits per heavy atom. The van der Waals surface area contributed by atoms with E-state index in [0.29, 0.717) is 18.8 Å². The molecule has 0 amide bonds. The van der Waals surface area contributed by atoms with E-state index in [1.54, 1.807) is 13.8 Å². The number of nitrogens with zero attached hydrogens (tertiary/aromatic N) is 12. The standard InChI is InChI=1S/C30H56N4O2.C27H54N4O3.C24H48N4O2.2CH4/c1-27(2)19-23(20-28(3,4)33(27)35-25-15-11-9-12-16-25)31-32-24-21-29(5,6)34(30(7,8)22-24)36-26-17-13-10-14-18-26;1-22(2,3)18-33-30-23(4,5)14-20(15-24(30,6)7)28-29-21-16-25(8,9)31(26(10,11)17-21)34-19-27(12,13)32;1-11-13-29-27-21(3,4)15-19(16-22(27,5)6)25-26-20-17-23(7,8)28(30-14-12-2)24(9,10)18-20;;/h23-26H,9-22H2,1-8H3;20-21,32H,14-19H2,1-13H3;19-20H,11-18H2,1-10H3;2*1H4. The van der Waals surface area contributed by atoms with Crippen LogP contribution in [-0.2, 0) is 29.0 Å². The SMILES string of the molecule is C.C.CC(C)(C)CON1C(C)(C)CC(N=NC2CC(C)(C)N(OCC(C)(C)O)C(C)(C)C2)CC1(C)C.CC1(C)CC(N=NC2CC(C)(C)N(OC3CCCCC3)C(C)(C)C2)CC(C)(C)N1OC1CCCCC1.CCCON1C(C)(C)CC(N=NC2CC(C)(C)N(OCCC)C(C)(C)C2)CC1(C)C. The summed E-state index contributed by atoms with van der Waals surface area (Å²) < 4.78 is 0. The summed E-state index contributed by atoms with van der Waals surface area (Å²) in [6.07, 6.45) is 26.9. The first kappa shape index (κ1) is 92.7. The average molecular weight is 1440 g/mol. The second kappa shape index (κ2) is 35.5. The first-order valence-electron chi connectivity index (χ1n) is 40.2. The molecule has 19 nitrogen and oxygen atoms in total. The Kier molecular flexibility index (Phi) is 32.3. The molecule has 6 aliphatic heterocycles. The third-order valence-corrected chi connectivity index (χ3v) is 22.2. The summed E-state index contributed by atoms with van der Waals surface area (Å²) in [5.74, 6) is 0. The van der Waals surface area contributed by atoms with E-state index in [1.807, 2.05) is 0 Å². The van der Waals surface area contributed by atoms with Crippen molar-refractivity contribution in [3.8, 4) is 0 Å². The Labute approximate surface area is 628 Å². The van der Waals surface area contributed by atoms with Crippen LogP contribution >= 0.6 is 0 Å². The molecule has 0 aromatic carbocycles. The van der Waals surface area contributed by atoms with Crippen LogP contribution < -0.4 is 0 Å². The Morgan fingerprint density at radius 3 is 0.667 bits per heavy atom. The van der Waals surface area contributed by atoms with Crippen molar-refractivity contribution in [3.05, 3.63) is 0 Å². The molecule has 6 heterocycles. The molecule has 19 heteroatoms. The third kappa shape index (κ3) is 26.0. The van der Waals surface area contributed by atoms with Gasteiger partial charge in [-0.1, -0.05) is 88.0 Å². The van der Waals surface area contributed by atoms with Gasteiger partial charge < -0.3 is 5.11 Å². The van der Waals surface area contributed by atoms with Gasteiger partial charge in [0.25, 0.3) is 0 Å². The minimum absolute atomic E-state index is 0. The monoisotopic (exact) mass is 1440 g/mol. The lowest BCUT2D eigenvalue weighted by molar-refractivity contribution is -0.311. The highest BCUT2D eigenvalue weighted by Crippen LogP contribution is 2.48. The Morgan fingerprint density at radius 2 is 0.480 bits per heavy atom. The molecule has 0 aromatic rings. The second-order valence-electron chi connectivity index (χ2n) is 41.9. The van der Waals surface area contributed by atoms with E-state index in [9.17, 15) is 5.11 Å². The Bertz CT molecular complexity index is 2330. The van der Waals surface area contributed by atoms with Crippen molar-refractivity contribution >= 4 is 0 Å². The van der Waals surface area contributed by atoms with E-state index in [1.165, 1.54) is 64.2 Å².